The maximum atomic E-state index is 12.5. The molecule has 150 valence electrons. The Morgan fingerprint density at radius 3 is 2.64 bits per heavy atom. The first kappa shape index (κ1) is 20.7. The van der Waals surface area contributed by atoms with Gasteiger partial charge < -0.3 is 23.9 Å². The van der Waals surface area contributed by atoms with Gasteiger partial charge in [-0.15, -0.1) is 0 Å². The van der Waals surface area contributed by atoms with Crippen LogP contribution in [-0.4, -0.2) is 36.6 Å². The smallest absolute Gasteiger partial charge is 0.346 e. The highest BCUT2D eigenvalue weighted by Crippen LogP contribution is 2.35. The highest BCUT2D eigenvalue weighted by Gasteiger charge is 2.28. The molecule has 1 amide bonds. The van der Waals surface area contributed by atoms with E-state index in [-0.39, 0.29) is 30.2 Å². The lowest BCUT2D eigenvalue weighted by Crippen LogP contribution is -2.35. The normalized spacial score (nSPS) is 11.4. The Morgan fingerprint density at radius 1 is 1.32 bits per heavy atom. The Labute approximate surface area is 160 Å². The molecule has 1 aromatic heterocycles. The van der Waals surface area contributed by atoms with Crippen LogP contribution in [0.2, 0.25) is 0 Å². The molecule has 1 atom stereocenters. The van der Waals surface area contributed by atoms with Crippen LogP contribution in [0.5, 0.6) is 11.5 Å². The number of benzene rings is 1. The topological polar surface area (TPSA) is 130 Å². The Hall–Kier alpha value is -3.56. The van der Waals surface area contributed by atoms with Crippen LogP contribution in [0, 0.1) is 10.1 Å². The maximum Gasteiger partial charge on any atom is 0.346 e. The number of hydrogen-bond donors (Lipinski definition) is 1. The monoisotopic (exact) mass is 392 g/mol. The number of rotatable bonds is 9. The van der Waals surface area contributed by atoms with E-state index < -0.39 is 28.6 Å². The van der Waals surface area contributed by atoms with Crippen molar-refractivity contribution in [3.8, 4) is 11.5 Å². The van der Waals surface area contributed by atoms with Crippen molar-refractivity contribution >= 4 is 17.6 Å². The van der Waals surface area contributed by atoms with Gasteiger partial charge in [0.15, 0.2) is 17.6 Å². The van der Waals surface area contributed by atoms with Crippen LogP contribution in [0.3, 0.4) is 0 Å². The average Bonchev–Trinajstić information content (AvgIpc) is 3.19. The van der Waals surface area contributed by atoms with Gasteiger partial charge >= 0.3 is 5.97 Å². The van der Waals surface area contributed by atoms with Gasteiger partial charge in [-0.1, -0.05) is 0 Å². The molecule has 2 rings (SSSR count). The lowest BCUT2D eigenvalue weighted by atomic mass is 10.1. The number of esters is 1. The Morgan fingerprint density at radius 2 is 2.07 bits per heavy atom. The minimum absolute atomic E-state index is 0.106. The molecule has 1 N–H and O–H groups in total. The van der Waals surface area contributed by atoms with Crippen LogP contribution in [0.15, 0.2) is 34.9 Å². The standard InChI is InChI=1S/C18H20N2O8/c1-4-26-16-8-13(14(20(23)24)9-15(16)25-3)18(22)28-11(2)17(21)19-10-12-6-5-7-27-12/h5-9,11H,4,10H2,1-3H3,(H,19,21)/t11-/m0/s1. The molecule has 1 aromatic carbocycles. The third-order valence-corrected chi connectivity index (χ3v) is 3.67. The summed E-state index contributed by atoms with van der Waals surface area (Å²) in [4.78, 5) is 35.1. The number of carbonyl (C=O) groups is 2. The third-order valence-electron chi connectivity index (χ3n) is 3.67. The molecule has 10 heteroatoms. The van der Waals surface area contributed by atoms with Gasteiger partial charge in [0.25, 0.3) is 11.6 Å². The lowest BCUT2D eigenvalue weighted by molar-refractivity contribution is -0.385. The van der Waals surface area contributed by atoms with Crippen molar-refractivity contribution in [1.29, 1.82) is 0 Å². The van der Waals surface area contributed by atoms with E-state index in [1.165, 1.54) is 20.3 Å². The maximum absolute atomic E-state index is 12.5. The van der Waals surface area contributed by atoms with Crippen molar-refractivity contribution in [1.82, 2.24) is 5.32 Å². The lowest BCUT2D eigenvalue weighted by Gasteiger charge is -2.15. The minimum Gasteiger partial charge on any atom is -0.493 e. The summed E-state index contributed by atoms with van der Waals surface area (Å²) in [5.41, 5.74) is -0.867. The molecule has 28 heavy (non-hydrogen) atoms. The number of carbonyl (C=O) groups excluding carboxylic acids is 2. The van der Waals surface area contributed by atoms with Crippen molar-refractivity contribution in [2.24, 2.45) is 0 Å². The minimum atomic E-state index is -1.18. The van der Waals surface area contributed by atoms with E-state index in [2.05, 4.69) is 5.32 Å². The Kier molecular flexibility index (Phi) is 6.96. The second-order valence-electron chi connectivity index (χ2n) is 5.56. The summed E-state index contributed by atoms with van der Waals surface area (Å²) in [5, 5.41) is 13.9. The van der Waals surface area contributed by atoms with E-state index in [4.69, 9.17) is 18.6 Å². The molecule has 0 spiro atoms. The zero-order valence-corrected chi connectivity index (χ0v) is 15.6. The van der Waals surface area contributed by atoms with Crippen LogP contribution < -0.4 is 14.8 Å². The van der Waals surface area contributed by atoms with Crippen LogP contribution in [0.1, 0.15) is 30.0 Å². The zero-order chi connectivity index (χ0) is 20.7. The average molecular weight is 392 g/mol. The van der Waals surface area contributed by atoms with E-state index in [1.807, 2.05) is 0 Å². The number of amides is 1. The number of hydrogen-bond acceptors (Lipinski definition) is 8. The van der Waals surface area contributed by atoms with Gasteiger partial charge in [-0.25, -0.2) is 4.79 Å². The largest absolute Gasteiger partial charge is 0.493 e. The van der Waals surface area contributed by atoms with E-state index in [0.717, 1.165) is 12.1 Å². The van der Waals surface area contributed by atoms with Gasteiger partial charge in [0.2, 0.25) is 0 Å². The first-order valence-electron chi connectivity index (χ1n) is 8.37. The number of nitrogens with one attached hydrogen (secondary N) is 1. The molecule has 2 aromatic rings. The molecule has 10 nitrogen and oxygen atoms in total. The van der Waals surface area contributed by atoms with E-state index in [9.17, 15) is 19.7 Å². The molecule has 0 bridgehead atoms. The van der Waals surface area contributed by atoms with Crippen molar-refractivity contribution in [2.75, 3.05) is 13.7 Å². The van der Waals surface area contributed by atoms with Crippen molar-refractivity contribution in [3.05, 3.63) is 52.0 Å². The summed E-state index contributed by atoms with van der Waals surface area (Å²) in [6, 6.07) is 5.58. The molecule has 0 aliphatic carbocycles. The van der Waals surface area contributed by atoms with E-state index in [0.29, 0.717) is 5.76 Å². The van der Waals surface area contributed by atoms with E-state index >= 15 is 0 Å². The third kappa shape index (κ3) is 5.00. The van der Waals surface area contributed by atoms with Gasteiger partial charge in [-0.3, -0.25) is 14.9 Å². The van der Waals surface area contributed by atoms with Gasteiger partial charge in [-0.2, -0.15) is 0 Å². The molecular formula is C18H20N2O8. The number of furan rings is 1. The molecular weight excluding hydrogens is 372 g/mol. The molecule has 1 heterocycles. The van der Waals surface area contributed by atoms with Crippen LogP contribution >= 0.6 is 0 Å². The SMILES string of the molecule is CCOc1cc(C(=O)O[C@@H](C)C(=O)NCc2ccco2)c([N+](=O)[O-])cc1OC. The summed E-state index contributed by atoms with van der Waals surface area (Å²) in [6.45, 7) is 3.44. The van der Waals surface area contributed by atoms with Crippen LogP contribution in [0.25, 0.3) is 0 Å². The molecule has 0 aliphatic heterocycles. The zero-order valence-electron chi connectivity index (χ0n) is 15.6. The van der Waals surface area contributed by atoms with Crippen molar-refractivity contribution in [2.45, 2.75) is 26.5 Å². The van der Waals surface area contributed by atoms with Crippen LogP contribution in [0.4, 0.5) is 5.69 Å². The first-order chi connectivity index (χ1) is 13.4. The fourth-order valence-corrected chi connectivity index (χ4v) is 2.30. The number of methoxy groups -OCH3 is 1. The van der Waals surface area contributed by atoms with Gasteiger partial charge in [-0.05, 0) is 26.0 Å². The summed E-state index contributed by atoms with van der Waals surface area (Å²) in [7, 11) is 1.32. The number of nitrogens with zero attached hydrogens (tertiary/aromatic N) is 1. The van der Waals surface area contributed by atoms with Gasteiger partial charge in [0.1, 0.15) is 11.3 Å². The number of ether oxygens (including phenoxy) is 3. The fraction of sp³-hybridized carbons (Fsp3) is 0.333. The molecule has 0 radical (unpaired) electrons. The predicted molar refractivity (Wildman–Crippen MR) is 96.2 cm³/mol. The summed E-state index contributed by atoms with van der Waals surface area (Å²) in [6.07, 6.45) is 0.281. The summed E-state index contributed by atoms with van der Waals surface area (Å²) >= 11 is 0. The van der Waals surface area contributed by atoms with Gasteiger partial charge in [0.05, 0.1) is 37.5 Å². The van der Waals surface area contributed by atoms with Crippen LogP contribution in [-0.2, 0) is 16.1 Å². The molecule has 0 fully saturated rings. The Bertz CT molecular complexity index is 848. The highest BCUT2D eigenvalue weighted by molar-refractivity contribution is 5.96. The first-order valence-corrected chi connectivity index (χ1v) is 8.37. The van der Waals surface area contributed by atoms with Gasteiger partial charge in [0, 0.05) is 6.07 Å². The van der Waals surface area contributed by atoms with Crippen molar-refractivity contribution in [3.63, 3.8) is 0 Å². The summed E-state index contributed by atoms with van der Waals surface area (Å²) in [5.74, 6) is -0.826. The molecule has 0 saturated carbocycles. The fourth-order valence-electron chi connectivity index (χ4n) is 2.30. The molecule has 0 aliphatic rings. The second-order valence-corrected chi connectivity index (χ2v) is 5.56. The number of nitro benzene ring substituents is 1. The van der Waals surface area contributed by atoms with Crippen molar-refractivity contribution < 1.29 is 33.1 Å². The van der Waals surface area contributed by atoms with E-state index in [1.54, 1.807) is 19.1 Å². The molecule has 0 saturated heterocycles. The predicted octanol–water partition coefficient (Wildman–Crippen LogP) is 2.46. The highest BCUT2D eigenvalue weighted by atomic mass is 16.6. The quantitative estimate of drug-likeness (QED) is 0.391. The number of nitro groups is 1. The molecule has 0 unspecified atom stereocenters. The Balaban J connectivity index is 2.15. The second kappa shape index (κ2) is 9.40. The summed E-state index contributed by atoms with van der Waals surface area (Å²) < 4.78 is 20.6.